The number of halogens is 1. The molecule has 1 N–H and O–H groups in total. The SMILES string of the molecule is O=C(Nc1ccc(Cl)cc1)c1ccc(CN2C(=O)c3ccccc3C2=O)cc1. The van der Waals surface area contributed by atoms with Crippen molar-refractivity contribution >= 4 is 35.0 Å². The summed E-state index contributed by atoms with van der Waals surface area (Å²) in [6.07, 6.45) is 0. The first-order chi connectivity index (χ1) is 13.5. The molecule has 0 unspecified atom stereocenters. The Balaban J connectivity index is 1.45. The Hall–Kier alpha value is -3.44. The molecule has 1 aliphatic heterocycles. The second-order valence-electron chi connectivity index (χ2n) is 6.40. The minimum atomic E-state index is -0.301. The van der Waals surface area contributed by atoms with Gasteiger partial charge in [-0.25, -0.2) is 0 Å². The zero-order valence-corrected chi connectivity index (χ0v) is 15.4. The summed E-state index contributed by atoms with van der Waals surface area (Å²) in [4.78, 5) is 38.5. The van der Waals surface area contributed by atoms with Gasteiger partial charge in [0, 0.05) is 16.3 Å². The van der Waals surface area contributed by atoms with E-state index in [1.165, 1.54) is 4.90 Å². The first-order valence-electron chi connectivity index (χ1n) is 8.64. The van der Waals surface area contributed by atoms with Crippen LogP contribution in [0.1, 0.15) is 36.6 Å². The molecular weight excluding hydrogens is 376 g/mol. The van der Waals surface area contributed by atoms with E-state index in [1.807, 2.05) is 0 Å². The normalized spacial score (nSPS) is 12.8. The van der Waals surface area contributed by atoms with Crippen molar-refractivity contribution in [1.29, 1.82) is 0 Å². The Morgan fingerprint density at radius 3 is 1.96 bits per heavy atom. The van der Waals surface area contributed by atoms with Crippen LogP contribution in [0.2, 0.25) is 5.02 Å². The molecule has 0 aliphatic carbocycles. The van der Waals surface area contributed by atoms with Gasteiger partial charge < -0.3 is 5.32 Å². The molecule has 6 heteroatoms. The van der Waals surface area contributed by atoms with Crippen molar-refractivity contribution in [3.8, 4) is 0 Å². The zero-order valence-electron chi connectivity index (χ0n) is 14.7. The van der Waals surface area contributed by atoms with E-state index in [2.05, 4.69) is 5.32 Å². The Bertz CT molecular complexity index is 1040. The Labute approximate surface area is 166 Å². The van der Waals surface area contributed by atoms with Crippen LogP contribution in [0, 0.1) is 0 Å². The number of imide groups is 1. The highest BCUT2D eigenvalue weighted by atomic mass is 35.5. The van der Waals surface area contributed by atoms with E-state index in [0.29, 0.717) is 27.4 Å². The molecule has 5 nitrogen and oxygen atoms in total. The molecule has 0 atom stereocenters. The third kappa shape index (κ3) is 3.40. The van der Waals surface area contributed by atoms with Crippen LogP contribution in [0.5, 0.6) is 0 Å². The number of carbonyl (C=O) groups is 3. The minimum Gasteiger partial charge on any atom is -0.322 e. The van der Waals surface area contributed by atoms with Crippen LogP contribution < -0.4 is 5.32 Å². The van der Waals surface area contributed by atoms with Crippen molar-refractivity contribution in [3.05, 3.63) is 100 Å². The van der Waals surface area contributed by atoms with Gasteiger partial charge in [-0.2, -0.15) is 0 Å². The van der Waals surface area contributed by atoms with Gasteiger partial charge in [0.15, 0.2) is 0 Å². The van der Waals surface area contributed by atoms with E-state index in [1.54, 1.807) is 72.8 Å². The third-order valence-corrected chi connectivity index (χ3v) is 4.79. The minimum absolute atomic E-state index is 0.158. The molecule has 3 amide bonds. The average molecular weight is 391 g/mol. The molecule has 0 aromatic heterocycles. The van der Waals surface area contributed by atoms with Crippen molar-refractivity contribution < 1.29 is 14.4 Å². The van der Waals surface area contributed by atoms with Crippen LogP contribution in [0.25, 0.3) is 0 Å². The van der Waals surface area contributed by atoms with Crippen LogP contribution in [0.15, 0.2) is 72.8 Å². The summed E-state index contributed by atoms with van der Waals surface area (Å²) in [5.74, 6) is -0.857. The summed E-state index contributed by atoms with van der Waals surface area (Å²) in [6, 6.07) is 20.4. The number of hydrogen-bond acceptors (Lipinski definition) is 3. The van der Waals surface area contributed by atoms with Gasteiger partial charge in [-0.3, -0.25) is 19.3 Å². The number of carbonyl (C=O) groups excluding carboxylic acids is 3. The molecule has 1 aliphatic rings. The zero-order chi connectivity index (χ0) is 19.7. The second kappa shape index (κ2) is 7.29. The van der Waals surface area contributed by atoms with Gasteiger partial charge in [0.05, 0.1) is 17.7 Å². The first kappa shape index (κ1) is 17.9. The average Bonchev–Trinajstić information content (AvgIpc) is 2.95. The molecular formula is C22H15ClN2O3. The lowest BCUT2D eigenvalue weighted by atomic mass is 10.1. The fourth-order valence-corrected chi connectivity index (χ4v) is 3.19. The molecule has 0 fully saturated rings. The van der Waals surface area contributed by atoms with Crippen LogP contribution in [-0.2, 0) is 6.54 Å². The largest absolute Gasteiger partial charge is 0.322 e. The van der Waals surface area contributed by atoms with E-state index in [-0.39, 0.29) is 24.3 Å². The fraction of sp³-hybridized carbons (Fsp3) is 0.0455. The topological polar surface area (TPSA) is 66.5 Å². The van der Waals surface area contributed by atoms with Crippen LogP contribution in [0.4, 0.5) is 5.69 Å². The fourth-order valence-electron chi connectivity index (χ4n) is 3.06. The maximum Gasteiger partial charge on any atom is 0.261 e. The van der Waals surface area contributed by atoms with E-state index >= 15 is 0 Å². The number of hydrogen-bond donors (Lipinski definition) is 1. The molecule has 3 aromatic rings. The van der Waals surface area contributed by atoms with Gasteiger partial charge in [0.1, 0.15) is 0 Å². The highest BCUT2D eigenvalue weighted by Gasteiger charge is 2.34. The van der Waals surface area contributed by atoms with Gasteiger partial charge in [-0.1, -0.05) is 35.9 Å². The molecule has 0 radical (unpaired) electrons. The highest BCUT2D eigenvalue weighted by Crippen LogP contribution is 2.24. The van der Waals surface area contributed by atoms with Gasteiger partial charge in [-0.15, -0.1) is 0 Å². The maximum atomic E-state index is 12.4. The molecule has 0 saturated carbocycles. The van der Waals surface area contributed by atoms with Crippen molar-refractivity contribution in [3.63, 3.8) is 0 Å². The van der Waals surface area contributed by atoms with Gasteiger partial charge >= 0.3 is 0 Å². The monoisotopic (exact) mass is 390 g/mol. The molecule has 1 heterocycles. The summed E-state index contributed by atoms with van der Waals surface area (Å²) in [5.41, 5.74) is 2.72. The summed E-state index contributed by atoms with van der Waals surface area (Å²) < 4.78 is 0. The van der Waals surface area contributed by atoms with E-state index in [0.717, 1.165) is 5.56 Å². The van der Waals surface area contributed by atoms with Gasteiger partial charge in [-0.05, 0) is 54.1 Å². The number of amides is 3. The Kier molecular flexibility index (Phi) is 4.67. The van der Waals surface area contributed by atoms with Crippen LogP contribution >= 0.6 is 11.6 Å². The highest BCUT2D eigenvalue weighted by molar-refractivity contribution is 6.30. The number of rotatable bonds is 4. The predicted octanol–water partition coefficient (Wildman–Crippen LogP) is 4.39. The van der Waals surface area contributed by atoms with E-state index in [4.69, 9.17) is 11.6 Å². The summed E-state index contributed by atoms with van der Waals surface area (Å²) >= 11 is 5.84. The summed E-state index contributed by atoms with van der Waals surface area (Å²) in [5, 5.41) is 3.38. The maximum absolute atomic E-state index is 12.4. The van der Waals surface area contributed by atoms with Gasteiger partial charge in [0.2, 0.25) is 0 Å². The molecule has 0 spiro atoms. The number of nitrogens with one attached hydrogen (secondary N) is 1. The molecule has 3 aromatic carbocycles. The molecule has 0 bridgehead atoms. The first-order valence-corrected chi connectivity index (χ1v) is 9.02. The van der Waals surface area contributed by atoms with Crippen LogP contribution in [-0.4, -0.2) is 22.6 Å². The Morgan fingerprint density at radius 1 is 0.821 bits per heavy atom. The number of anilines is 1. The Morgan fingerprint density at radius 2 is 1.39 bits per heavy atom. The predicted molar refractivity (Wildman–Crippen MR) is 106 cm³/mol. The third-order valence-electron chi connectivity index (χ3n) is 4.54. The molecule has 4 rings (SSSR count). The van der Waals surface area contributed by atoms with Crippen molar-refractivity contribution in [2.75, 3.05) is 5.32 Å². The quantitative estimate of drug-likeness (QED) is 0.672. The summed E-state index contributed by atoms with van der Waals surface area (Å²) in [6.45, 7) is 0.158. The van der Waals surface area contributed by atoms with Crippen molar-refractivity contribution in [2.45, 2.75) is 6.54 Å². The molecule has 138 valence electrons. The lowest BCUT2D eigenvalue weighted by Gasteiger charge is -2.14. The lowest BCUT2D eigenvalue weighted by molar-refractivity contribution is 0.0642. The molecule has 28 heavy (non-hydrogen) atoms. The smallest absolute Gasteiger partial charge is 0.261 e. The summed E-state index contributed by atoms with van der Waals surface area (Å²) in [7, 11) is 0. The number of benzene rings is 3. The molecule has 0 saturated heterocycles. The lowest BCUT2D eigenvalue weighted by Crippen LogP contribution is -2.29. The van der Waals surface area contributed by atoms with Crippen molar-refractivity contribution in [2.24, 2.45) is 0 Å². The van der Waals surface area contributed by atoms with E-state index in [9.17, 15) is 14.4 Å². The standard InChI is InChI=1S/C22H15ClN2O3/c23-16-9-11-17(12-10-16)24-20(26)15-7-5-14(6-8-15)13-25-21(27)18-3-1-2-4-19(18)22(25)28/h1-12H,13H2,(H,24,26). The van der Waals surface area contributed by atoms with Gasteiger partial charge in [0.25, 0.3) is 17.7 Å². The van der Waals surface area contributed by atoms with E-state index < -0.39 is 0 Å². The van der Waals surface area contributed by atoms with Crippen LogP contribution in [0.3, 0.4) is 0 Å². The number of fused-ring (bicyclic) bond motifs is 1. The number of nitrogens with zero attached hydrogens (tertiary/aromatic N) is 1. The second-order valence-corrected chi connectivity index (χ2v) is 6.84. The van der Waals surface area contributed by atoms with Crippen molar-refractivity contribution in [1.82, 2.24) is 4.90 Å².